The van der Waals surface area contributed by atoms with E-state index in [1.165, 1.54) is 25.3 Å². The standard InChI is InChI=1S/C18H23N3O7/c1-11-14(17(22)28-10-9-26-3)15(16(21(24)25)12(2)19-11)13-5-7-20(8-6-13)18(23)27-4/h5-7,15,19H,8-10H2,1-4H3. The lowest BCUT2D eigenvalue weighted by Gasteiger charge is -2.29. The maximum Gasteiger partial charge on any atom is 0.413 e. The number of nitro groups is 1. The molecule has 10 heteroatoms. The van der Waals surface area contributed by atoms with Crippen LogP contribution >= 0.6 is 0 Å². The predicted molar refractivity (Wildman–Crippen MR) is 98.2 cm³/mol. The lowest BCUT2D eigenvalue weighted by molar-refractivity contribution is -0.433. The van der Waals surface area contributed by atoms with Gasteiger partial charge >= 0.3 is 12.1 Å². The van der Waals surface area contributed by atoms with E-state index in [9.17, 15) is 19.7 Å². The maximum absolute atomic E-state index is 12.7. The molecular weight excluding hydrogens is 370 g/mol. The number of nitrogens with zero attached hydrogens (tertiary/aromatic N) is 2. The highest BCUT2D eigenvalue weighted by Gasteiger charge is 2.41. The first kappa shape index (κ1) is 21.2. The average molecular weight is 393 g/mol. The van der Waals surface area contributed by atoms with Gasteiger partial charge in [0.1, 0.15) is 12.5 Å². The van der Waals surface area contributed by atoms with E-state index in [0.29, 0.717) is 17.0 Å². The van der Waals surface area contributed by atoms with Crippen LogP contribution in [0, 0.1) is 16.0 Å². The largest absolute Gasteiger partial charge is 0.460 e. The second-order valence-corrected chi connectivity index (χ2v) is 6.14. The van der Waals surface area contributed by atoms with Crippen LogP contribution < -0.4 is 5.32 Å². The SMILES string of the molecule is COCCOC(=O)C1=C(C)NC(C)=C([N+](=O)[O-])C1C1=CCN(C(=O)OC)C=C1. The van der Waals surface area contributed by atoms with Gasteiger partial charge in [-0.05, 0) is 25.5 Å². The summed E-state index contributed by atoms with van der Waals surface area (Å²) in [7, 11) is 2.74. The number of nitrogens with one attached hydrogen (secondary N) is 1. The van der Waals surface area contributed by atoms with Gasteiger partial charge in [-0.2, -0.15) is 0 Å². The summed E-state index contributed by atoms with van der Waals surface area (Å²) < 4.78 is 14.7. The van der Waals surface area contributed by atoms with Gasteiger partial charge in [0.15, 0.2) is 0 Å². The number of allylic oxidation sites excluding steroid dienone is 4. The Hall–Kier alpha value is -3.14. The zero-order valence-corrected chi connectivity index (χ0v) is 16.2. The van der Waals surface area contributed by atoms with E-state index in [1.807, 2.05) is 0 Å². The Balaban J connectivity index is 2.41. The number of rotatable bonds is 6. The first-order chi connectivity index (χ1) is 13.3. The molecule has 0 aromatic carbocycles. The number of carbonyl (C=O) groups is 2. The van der Waals surface area contributed by atoms with Gasteiger partial charge in [0, 0.05) is 25.6 Å². The molecule has 0 aromatic heterocycles. The van der Waals surface area contributed by atoms with E-state index in [-0.39, 0.29) is 31.0 Å². The Kier molecular flexibility index (Phi) is 6.94. The maximum atomic E-state index is 12.7. The second kappa shape index (κ2) is 9.18. The third-order valence-corrected chi connectivity index (χ3v) is 4.38. The number of hydrogen-bond donors (Lipinski definition) is 1. The fourth-order valence-corrected chi connectivity index (χ4v) is 3.09. The van der Waals surface area contributed by atoms with E-state index >= 15 is 0 Å². The van der Waals surface area contributed by atoms with Crippen LogP contribution in [0.25, 0.3) is 0 Å². The third-order valence-electron chi connectivity index (χ3n) is 4.38. The van der Waals surface area contributed by atoms with E-state index in [4.69, 9.17) is 9.47 Å². The van der Waals surface area contributed by atoms with Crippen molar-refractivity contribution in [1.82, 2.24) is 10.2 Å². The highest BCUT2D eigenvalue weighted by atomic mass is 16.6. The molecule has 0 saturated carbocycles. The summed E-state index contributed by atoms with van der Waals surface area (Å²) in [6.07, 6.45) is 4.13. The molecule has 2 heterocycles. The highest BCUT2D eigenvalue weighted by Crippen LogP contribution is 2.37. The molecule has 28 heavy (non-hydrogen) atoms. The summed E-state index contributed by atoms with van der Waals surface area (Å²) in [4.78, 5) is 36.9. The molecular formula is C18H23N3O7. The summed E-state index contributed by atoms with van der Waals surface area (Å²) in [5.41, 5.74) is 1.33. The smallest absolute Gasteiger partial charge is 0.413 e. The monoisotopic (exact) mass is 393 g/mol. The molecule has 0 fully saturated rings. The van der Waals surface area contributed by atoms with Gasteiger partial charge in [-0.15, -0.1) is 0 Å². The fourth-order valence-electron chi connectivity index (χ4n) is 3.09. The van der Waals surface area contributed by atoms with Crippen molar-refractivity contribution < 1.29 is 28.7 Å². The molecule has 0 spiro atoms. The number of ether oxygens (including phenoxy) is 3. The minimum absolute atomic E-state index is 0.0281. The summed E-state index contributed by atoms with van der Waals surface area (Å²) in [5, 5.41) is 14.6. The van der Waals surface area contributed by atoms with Gasteiger partial charge in [0.2, 0.25) is 0 Å². The zero-order valence-electron chi connectivity index (χ0n) is 16.2. The Labute approximate surface area is 162 Å². The Morgan fingerprint density at radius 1 is 1.29 bits per heavy atom. The van der Waals surface area contributed by atoms with E-state index < -0.39 is 22.9 Å². The number of dihydropyridines is 1. The van der Waals surface area contributed by atoms with Gasteiger partial charge in [-0.3, -0.25) is 15.0 Å². The highest BCUT2D eigenvalue weighted by molar-refractivity contribution is 5.92. The Morgan fingerprint density at radius 3 is 2.54 bits per heavy atom. The predicted octanol–water partition coefficient (Wildman–Crippen LogP) is 1.70. The van der Waals surface area contributed by atoms with E-state index in [1.54, 1.807) is 26.0 Å². The minimum Gasteiger partial charge on any atom is -0.460 e. The molecule has 0 aliphatic carbocycles. The quantitative estimate of drug-likeness (QED) is 0.313. The van der Waals surface area contributed by atoms with Crippen molar-refractivity contribution >= 4 is 12.1 Å². The molecule has 0 saturated heterocycles. The summed E-state index contributed by atoms with van der Waals surface area (Å²) in [5.74, 6) is -1.59. The van der Waals surface area contributed by atoms with Crippen molar-refractivity contribution in [2.75, 3.05) is 34.0 Å². The number of carbonyl (C=O) groups excluding carboxylic acids is 2. The first-order valence-corrected chi connectivity index (χ1v) is 8.53. The Morgan fingerprint density at radius 2 is 2.00 bits per heavy atom. The molecule has 0 radical (unpaired) electrons. The van der Waals surface area contributed by atoms with Crippen LogP contribution in [-0.2, 0) is 19.0 Å². The lowest BCUT2D eigenvalue weighted by atomic mass is 9.83. The second-order valence-electron chi connectivity index (χ2n) is 6.14. The molecule has 1 amide bonds. The minimum atomic E-state index is -0.928. The van der Waals surface area contributed by atoms with Gasteiger partial charge in [-0.25, -0.2) is 9.59 Å². The van der Waals surface area contributed by atoms with E-state index in [2.05, 4.69) is 10.1 Å². The molecule has 1 atom stereocenters. The van der Waals surface area contributed by atoms with E-state index in [0.717, 1.165) is 0 Å². The van der Waals surface area contributed by atoms with Crippen molar-refractivity contribution in [3.63, 3.8) is 0 Å². The van der Waals surface area contributed by atoms with Gasteiger partial charge in [-0.1, -0.05) is 6.08 Å². The lowest BCUT2D eigenvalue weighted by Crippen LogP contribution is -2.35. The van der Waals surface area contributed by atoms with Crippen LogP contribution in [0.4, 0.5) is 4.79 Å². The van der Waals surface area contributed by atoms with Crippen LogP contribution in [0.2, 0.25) is 0 Å². The molecule has 0 aromatic rings. The molecule has 1 unspecified atom stereocenters. The fraction of sp³-hybridized carbons (Fsp3) is 0.444. The molecule has 2 rings (SSSR count). The molecule has 0 bridgehead atoms. The van der Waals surface area contributed by atoms with Crippen molar-refractivity contribution in [3.8, 4) is 0 Å². The topological polar surface area (TPSA) is 120 Å². The summed E-state index contributed by atoms with van der Waals surface area (Å²) in [6, 6.07) is 0. The number of esters is 1. The molecule has 2 aliphatic rings. The molecule has 152 valence electrons. The van der Waals surface area contributed by atoms with Crippen molar-refractivity contribution in [2.45, 2.75) is 13.8 Å². The van der Waals surface area contributed by atoms with Crippen LogP contribution in [0.5, 0.6) is 0 Å². The van der Waals surface area contributed by atoms with Crippen LogP contribution in [0.3, 0.4) is 0 Å². The average Bonchev–Trinajstić information content (AvgIpc) is 2.66. The molecule has 1 N–H and O–H groups in total. The Bertz CT molecular complexity index is 795. The normalized spacial score (nSPS) is 19.2. The van der Waals surface area contributed by atoms with Gasteiger partial charge in [0.05, 0.1) is 29.9 Å². The van der Waals surface area contributed by atoms with Gasteiger partial charge in [0.25, 0.3) is 5.70 Å². The van der Waals surface area contributed by atoms with Crippen molar-refractivity contribution in [3.05, 3.63) is 56.7 Å². The number of methoxy groups -OCH3 is 2. The number of amides is 1. The van der Waals surface area contributed by atoms with Crippen LogP contribution in [0.1, 0.15) is 13.8 Å². The van der Waals surface area contributed by atoms with Gasteiger partial charge < -0.3 is 19.5 Å². The summed E-state index contributed by atoms with van der Waals surface area (Å²) in [6.45, 7) is 3.64. The zero-order chi connectivity index (χ0) is 20.8. The first-order valence-electron chi connectivity index (χ1n) is 8.53. The number of hydrogen-bond acceptors (Lipinski definition) is 8. The summed E-state index contributed by atoms with van der Waals surface area (Å²) >= 11 is 0. The van der Waals surface area contributed by atoms with Crippen molar-refractivity contribution in [2.24, 2.45) is 5.92 Å². The third kappa shape index (κ3) is 4.39. The van der Waals surface area contributed by atoms with Crippen molar-refractivity contribution in [1.29, 1.82) is 0 Å². The molecule has 2 aliphatic heterocycles. The van der Waals surface area contributed by atoms with Crippen LogP contribution in [0.15, 0.2) is 46.6 Å². The van der Waals surface area contributed by atoms with Crippen LogP contribution in [-0.4, -0.2) is 55.9 Å². The molecule has 10 nitrogen and oxygen atoms in total.